The highest BCUT2D eigenvalue weighted by Crippen LogP contribution is 2.25. The van der Waals surface area contributed by atoms with E-state index in [1.807, 2.05) is 24.3 Å². The number of amides is 1. The van der Waals surface area contributed by atoms with Crippen LogP contribution in [0.15, 0.2) is 24.3 Å². The van der Waals surface area contributed by atoms with Gasteiger partial charge >= 0.3 is 0 Å². The van der Waals surface area contributed by atoms with Crippen LogP contribution in [-0.2, 0) is 4.79 Å². The van der Waals surface area contributed by atoms with Crippen molar-refractivity contribution >= 4 is 5.91 Å². The summed E-state index contributed by atoms with van der Waals surface area (Å²) in [5, 5.41) is 12.5. The van der Waals surface area contributed by atoms with Crippen molar-refractivity contribution in [3.63, 3.8) is 0 Å². The number of aliphatic hydroxyl groups is 1. The van der Waals surface area contributed by atoms with Crippen molar-refractivity contribution in [1.29, 1.82) is 0 Å². The topological polar surface area (TPSA) is 58.6 Å². The van der Waals surface area contributed by atoms with E-state index in [2.05, 4.69) is 12.2 Å². The molecule has 0 radical (unpaired) electrons. The Hall–Kier alpha value is -1.55. The molecular weight excluding hydrogens is 278 g/mol. The van der Waals surface area contributed by atoms with E-state index in [1.54, 1.807) is 7.11 Å². The quantitative estimate of drug-likeness (QED) is 0.849. The first-order chi connectivity index (χ1) is 10.6. The van der Waals surface area contributed by atoms with E-state index in [1.165, 1.54) is 0 Å². The molecule has 1 aromatic carbocycles. The van der Waals surface area contributed by atoms with Gasteiger partial charge in [-0.1, -0.05) is 31.9 Å². The lowest BCUT2D eigenvalue weighted by Gasteiger charge is -2.31. The van der Waals surface area contributed by atoms with Gasteiger partial charge in [0.15, 0.2) is 0 Å². The highest BCUT2D eigenvalue weighted by atomic mass is 16.5. The number of hydrogen-bond donors (Lipinski definition) is 2. The summed E-state index contributed by atoms with van der Waals surface area (Å²) in [5.74, 6) is 1.29. The molecule has 2 N–H and O–H groups in total. The molecule has 1 aliphatic carbocycles. The molecule has 1 fully saturated rings. The maximum Gasteiger partial charge on any atom is 0.220 e. The zero-order valence-corrected chi connectivity index (χ0v) is 13.5. The first-order valence-electron chi connectivity index (χ1n) is 8.18. The van der Waals surface area contributed by atoms with Crippen LogP contribution in [0.25, 0.3) is 0 Å². The van der Waals surface area contributed by atoms with Crippen molar-refractivity contribution in [2.45, 2.75) is 51.0 Å². The standard InChI is InChI=1S/C18H27NO3/c1-13(14-7-9-16(22-2)10-8-14)11-18(21)19-17-6-4-3-5-15(17)12-20/h7-10,13,15,17,20H,3-6,11-12H2,1-2H3,(H,19,21). The van der Waals surface area contributed by atoms with Crippen molar-refractivity contribution in [3.05, 3.63) is 29.8 Å². The van der Waals surface area contributed by atoms with Gasteiger partial charge in [0, 0.05) is 25.0 Å². The van der Waals surface area contributed by atoms with Gasteiger partial charge in [-0.2, -0.15) is 0 Å². The Kier molecular flexibility index (Phi) is 6.25. The molecule has 1 aliphatic rings. The van der Waals surface area contributed by atoms with Crippen LogP contribution in [0.1, 0.15) is 50.5 Å². The lowest BCUT2D eigenvalue weighted by Crippen LogP contribution is -2.43. The van der Waals surface area contributed by atoms with Gasteiger partial charge in [0.05, 0.1) is 7.11 Å². The minimum absolute atomic E-state index is 0.0775. The van der Waals surface area contributed by atoms with Crippen molar-refractivity contribution in [2.75, 3.05) is 13.7 Å². The van der Waals surface area contributed by atoms with Crippen LogP contribution in [0, 0.1) is 5.92 Å². The second-order valence-electron chi connectivity index (χ2n) is 6.28. The first-order valence-corrected chi connectivity index (χ1v) is 8.18. The SMILES string of the molecule is COc1ccc(C(C)CC(=O)NC2CCCCC2CO)cc1. The van der Waals surface area contributed by atoms with Crippen LogP contribution in [0.5, 0.6) is 5.75 Å². The molecule has 0 saturated heterocycles. The lowest BCUT2D eigenvalue weighted by molar-refractivity contribution is -0.122. The van der Waals surface area contributed by atoms with Gasteiger partial charge in [0.1, 0.15) is 5.75 Å². The summed E-state index contributed by atoms with van der Waals surface area (Å²) in [4.78, 5) is 12.3. The van der Waals surface area contributed by atoms with Gasteiger partial charge in [-0.25, -0.2) is 0 Å². The summed E-state index contributed by atoms with van der Waals surface area (Å²) in [6.07, 6.45) is 4.75. The molecule has 4 nitrogen and oxygen atoms in total. The predicted octanol–water partition coefficient (Wildman–Crippen LogP) is 2.86. The van der Waals surface area contributed by atoms with E-state index in [4.69, 9.17) is 4.74 Å². The van der Waals surface area contributed by atoms with Crippen molar-refractivity contribution in [3.8, 4) is 5.75 Å². The molecule has 3 unspecified atom stereocenters. The van der Waals surface area contributed by atoms with E-state index in [0.29, 0.717) is 6.42 Å². The average Bonchev–Trinajstić information content (AvgIpc) is 2.55. The number of nitrogens with one attached hydrogen (secondary N) is 1. The molecule has 1 saturated carbocycles. The molecule has 0 aliphatic heterocycles. The molecule has 0 bridgehead atoms. The zero-order chi connectivity index (χ0) is 15.9. The first kappa shape index (κ1) is 16.8. The zero-order valence-electron chi connectivity index (χ0n) is 13.5. The van der Waals surface area contributed by atoms with Crippen LogP contribution in [0.4, 0.5) is 0 Å². The van der Waals surface area contributed by atoms with E-state index in [9.17, 15) is 9.90 Å². The number of hydrogen-bond acceptors (Lipinski definition) is 3. The van der Waals surface area contributed by atoms with E-state index in [-0.39, 0.29) is 30.4 Å². The Labute approximate surface area is 132 Å². The van der Waals surface area contributed by atoms with Crippen molar-refractivity contribution in [2.24, 2.45) is 5.92 Å². The van der Waals surface area contributed by atoms with Crippen LogP contribution in [-0.4, -0.2) is 30.8 Å². The van der Waals surface area contributed by atoms with Gasteiger partial charge in [0.2, 0.25) is 5.91 Å². The molecule has 1 amide bonds. The number of ether oxygens (including phenoxy) is 1. The number of rotatable bonds is 6. The summed E-state index contributed by atoms with van der Waals surface area (Å²) >= 11 is 0. The second kappa shape index (κ2) is 8.18. The average molecular weight is 305 g/mol. The van der Waals surface area contributed by atoms with Gasteiger partial charge in [0.25, 0.3) is 0 Å². The van der Waals surface area contributed by atoms with Gasteiger partial charge < -0.3 is 15.2 Å². The summed E-state index contributed by atoms with van der Waals surface area (Å²) in [6.45, 7) is 2.23. The van der Waals surface area contributed by atoms with Crippen LogP contribution >= 0.6 is 0 Å². The van der Waals surface area contributed by atoms with Crippen LogP contribution < -0.4 is 10.1 Å². The van der Waals surface area contributed by atoms with E-state index >= 15 is 0 Å². The van der Waals surface area contributed by atoms with E-state index < -0.39 is 0 Å². The number of methoxy groups -OCH3 is 1. The smallest absolute Gasteiger partial charge is 0.220 e. The lowest BCUT2D eigenvalue weighted by atomic mass is 9.85. The normalized spacial score (nSPS) is 22.9. The largest absolute Gasteiger partial charge is 0.497 e. The Morgan fingerprint density at radius 2 is 2.00 bits per heavy atom. The molecule has 0 aromatic heterocycles. The molecule has 4 heteroatoms. The number of aliphatic hydroxyl groups excluding tert-OH is 1. The molecule has 1 aromatic rings. The third-order valence-corrected chi connectivity index (χ3v) is 4.67. The Balaban J connectivity index is 1.87. The fraction of sp³-hybridized carbons (Fsp3) is 0.611. The maximum absolute atomic E-state index is 12.3. The van der Waals surface area contributed by atoms with Crippen molar-refractivity contribution < 1.29 is 14.6 Å². The minimum Gasteiger partial charge on any atom is -0.497 e. The van der Waals surface area contributed by atoms with Gasteiger partial charge in [-0.3, -0.25) is 4.79 Å². The fourth-order valence-electron chi connectivity index (χ4n) is 3.21. The Bertz CT molecular complexity index is 472. The molecule has 22 heavy (non-hydrogen) atoms. The summed E-state index contributed by atoms with van der Waals surface area (Å²) in [5.41, 5.74) is 1.14. The van der Waals surface area contributed by atoms with E-state index in [0.717, 1.165) is 37.0 Å². The molecular formula is C18H27NO3. The fourth-order valence-corrected chi connectivity index (χ4v) is 3.21. The number of carbonyl (C=O) groups excluding carboxylic acids is 1. The molecule has 0 spiro atoms. The Morgan fingerprint density at radius 3 is 2.64 bits per heavy atom. The molecule has 122 valence electrons. The predicted molar refractivity (Wildman–Crippen MR) is 87.0 cm³/mol. The molecule has 3 atom stereocenters. The third kappa shape index (κ3) is 4.47. The van der Waals surface area contributed by atoms with Crippen LogP contribution in [0.2, 0.25) is 0 Å². The molecule has 2 rings (SSSR count). The highest BCUT2D eigenvalue weighted by molar-refractivity contribution is 5.77. The van der Waals surface area contributed by atoms with Gasteiger partial charge in [-0.05, 0) is 36.5 Å². The highest BCUT2D eigenvalue weighted by Gasteiger charge is 2.26. The number of carbonyl (C=O) groups is 1. The second-order valence-corrected chi connectivity index (χ2v) is 6.28. The maximum atomic E-state index is 12.3. The summed E-state index contributed by atoms with van der Waals surface area (Å²) in [6, 6.07) is 8.00. The monoisotopic (exact) mass is 305 g/mol. The Morgan fingerprint density at radius 1 is 1.32 bits per heavy atom. The minimum atomic E-state index is 0.0775. The van der Waals surface area contributed by atoms with Crippen LogP contribution in [0.3, 0.4) is 0 Å². The third-order valence-electron chi connectivity index (χ3n) is 4.67. The summed E-state index contributed by atoms with van der Waals surface area (Å²) < 4.78 is 5.15. The number of benzene rings is 1. The molecule has 0 heterocycles. The van der Waals surface area contributed by atoms with Crippen molar-refractivity contribution in [1.82, 2.24) is 5.32 Å². The summed E-state index contributed by atoms with van der Waals surface area (Å²) in [7, 11) is 1.65. The van der Waals surface area contributed by atoms with Gasteiger partial charge in [-0.15, -0.1) is 0 Å².